The van der Waals surface area contributed by atoms with Gasteiger partial charge >= 0.3 is 0 Å². The van der Waals surface area contributed by atoms with E-state index in [2.05, 4.69) is 22.4 Å². The van der Waals surface area contributed by atoms with Crippen molar-refractivity contribution in [3.8, 4) is 0 Å². The topological polar surface area (TPSA) is 45.2 Å². The number of anilines is 1. The van der Waals surface area contributed by atoms with Gasteiger partial charge in [0.25, 0.3) is 5.91 Å². The number of pyridine rings is 1. The maximum atomic E-state index is 13.1. The van der Waals surface area contributed by atoms with E-state index in [1.165, 1.54) is 5.56 Å². The van der Waals surface area contributed by atoms with Crippen molar-refractivity contribution in [2.75, 3.05) is 5.32 Å². The van der Waals surface area contributed by atoms with Crippen LogP contribution < -0.4 is 5.32 Å². The van der Waals surface area contributed by atoms with Crippen LogP contribution in [0.2, 0.25) is 0 Å². The smallest absolute Gasteiger partial charge is 0.254 e. The van der Waals surface area contributed by atoms with Crippen LogP contribution in [0.15, 0.2) is 79.0 Å². The Morgan fingerprint density at radius 1 is 0.963 bits per heavy atom. The SMILES string of the molecule is CC(C)N(Cc1ccccc1)C(=O)c1ccnc(NCc2ccccc2)c1. The fourth-order valence-electron chi connectivity index (χ4n) is 2.88. The molecule has 2 aromatic carbocycles. The third-order valence-corrected chi connectivity index (χ3v) is 4.40. The second-order valence-corrected chi connectivity index (χ2v) is 6.78. The molecular formula is C23H25N3O. The number of amides is 1. The first kappa shape index (κ1) is 18.6. The van der Waals surface area contributed by atoms with Crippen molar-refractivity contribution in [1.29, 1.82) is 0 Å². The summed E-state index contributed by atoms with van der Waals surface area (Å²) >= 11 is 0. The summed E-state index contributed by atoms with van der Waals surface area (Å²) in [5, 5.41) is 3.29. The average Bonchev–Trinajstić information content (AvgIpc) is 2.71. The number of hydrogen-bond donors (Lipinski definition) is 1. The van der Waals surface area contributed by atoms with E-state index in [-0.39, 0.29) is 11.9 Å². The molecule has 0 radical (unpaired) electrons. The third-order valence-electron chi connectivity index (χ3n) is 4.40. The molecule has 3 aromatic rings. The highest BCUT2D eigenvalue weighted by Crippen LogP contribution is 2.16. The summed E-state index contributed by atoms with van der Waals surface area (Å²) in [6.07, 6.45) is 1.68. The number of hydrogen-bond acceptors (Lipinski definition) is 3. The van der Waals surface area contributed by atoms with Gasteiger partial charge in [-0.2, -0.15) is 0 Å². The van der Waals surface area contributed by atoms with Crippen molar-refractivity contribution in [2.24, 2.45) is 0 Å². The lowest BCUT2D eigenvalue weighted by atomic mass is 10.1. The fourth-order valence-corrected chi connectivity index (χ4v) is 2.88. The summed E-state index contributed by atoms with van der Waals surface area (Å²) in [6.45, 7) is 5.34. The Hall–Kier alpha value is -3.14. The third kappa shape index (κ3) is 5.17. The van der Waals surface area contributed by atoms with Gasteiger partial charge in [-0.1, -0.05) is 60.7 Å². The van der Waals surface area contributed by atoms with Gasteiger partial charge in [0.15, 0.2) is 0 Å². The number of nitrogens with zero attached hydrogens (tertiary/aromatic N) is 2. The van der Waals surface area contributed by atoms with E-state index in [1.54, 1.807) is 12.3 Å². The minimum Gasteiger partial charge on any atom is -0.366 e. The van der Waals surface area contributed by atoms with Gasteiger partial charge in [0.1, 0.15) is 5.82 Å². The standard InChI is InChI=1S/C23H25N3O/c1-18(2)26(17-20-11-7-4-8-12-20)23(27)21-13-14-24-22(15-21)25-16-19-9-5-3-6-10-19/h3-15,18H,16-17H2,1-2H3,(H,24,25). The van der Waals surface area contributed by atoms with Gasteiger partial charge in [0.2, 0.25) is 0 Å². The predicted molar refractivity (Wildman–Crippen MR) is 109 cm³/mol. The van der Waals surface area contributed by atoms with Crippen molar-refractivity contribution in [3.05, 3.63) is 95.7 Å². The zero-order valence-electron chi connectivity index (χ0n) is 15.8. The van der Waals surface area contributed by atoms with E-state index in [0.717, 1.165) is 5.56 Å². The van der Waals surface area contributed by atoms with Crippen LogP contribution in [0.4, 0.5) is 5.82 Å². The van der Waals surface area contributed by atoms with E-state index >= 15 is 0 Å². The van der Waals surface area contributed by atoms with E-state index in [1.807, 2.05) is 73.3 Å². The number of aromatic nitrogens is 1. The first-order valence-corrected chi connectivity index (χ1v) is 9.22. The van der Waals surface area contributed by atoms with Gasteiger partial charge in [-0.3, -0.25) is 4.79 Å². The van der Waals surface area contributed by atoms with Crippen LogP contribution in [0.25, 0.3) is 0 Å². The molecule has 0 saturated carbocycles. The van der Waals surface area contributed by atoms with Gasteiger partial charge in [-0.25, -0.2) is 4.98 Å². The molecule has 0 spiro atoms. The van der Waals surface area contributed by atoms with Gasteiger partial charge in [-0.15, -0.1) is 0 Å². The Bertz CT molecular complexity index is 863. The van der Waals surface area contributed by atoms with E-state index in [4.69, 9.17) is 0 Å². The molecule has 1 amide bonds. The van der Waals surface area contributed by atoms with Crippen molar-refractivity contribution in [3.63, 3.8) is 0 Å². The van der Waals surface area contributed by atoms with Crippen molar-refractivity contribution >= 4 is 11.7 Å². The maximum absolute atomic E-state index is 13.1. The molecule has 0 aliphatic carbocycles. The zero-order chi connectivity index (χ0) is 19.1. The Balaban J connectivity index is 1.72. The van der Waals surface area contributed by atoms with Crippen LogP contribution in [0.3, 0.4) is 0 Å². The summed E-state index contributed by atoms with van der Waals surface area (Å²) in [5.74, 6) is 0.715. The second-order valence-electron chi connectivity index (χ2n) is 6.78. The fraction of sp³-hybridized carbons (Fsp3) is 0.217. The molecule has 4 heteroatoms. The van der Waals surface area contributed by atoms with Gasteiger partial charge in [0, 0.05) is 30.9 Å². The van der Waals surface area contributed by atoms with Crippen LogP contribution in [-0.4, -0.2) is 21.8 Å². The number of carbonyl (C=O) groups is 1. The van der Waals surface area contributed by atoms with E-state index in [0.29, 0.717) is 24.5 Å². The summed E-state index contributed by atoms with van der Waals surface area (Å²) < 4.78 is 0. The largest absolute Gasteiger partial charge is 0.366 e. The molecule has 1 aromatic heterocycles. The highest BCUT2D eigenvalue weighted by molar-refractivity contribution is 5.95. The molecule has 138 valence electrons. The van der Waals surface area contributed by atoms with Crippen molar-refractivity contribution < 1.29 is 4.79 Å². The molecule has 0 fully saturated rings. The van der Waals surface area contributed by atoms with Crippen LogP contribution in [0, 0.1) is 0 Å². The lowest BCUT2D eigenvalue weighted by Gasteiger charge is -2.27. The molecule has 0 aliphatic rings. The van der Waals surface area contributed by atoms with Crippen molar-refractivity contribution in [1.82, 2.24) is 9.88 Å². The number of nitrogens with one attached hydrogen (secondary N) is 1. The molecule has 27 heavy (non-hydrogen) atoms. The predicted octanol–water partition coefficient (Wildman–Crippen LogP) is 4.74. The Morgan fingerprint density at radius 2 is 1.59 bits per heavy atom. The van der Waals surface area contributed by atoms with Gasteiger partial charge < -0.3 is 10.2 Å². The highest BCUT2D eigenvalue weighted by Gasteiger charge is 2.19. The number of benzene rings is 2. The molecule has 1 N–H and O–H groups in total. The minimum absolute atomic E-state index is 0.0130. The monoisotopic (exact) mass is 359 g/mol. The Kier molecular flexibility index (Phi) is 6.21. The van der Waals surface area contributed by atoms with Crippen molar-refractivity contribution in [2.45, 2.75) is 33.0 Å². The minimum atomic E-state index is 0.0130. The van der Waals surface area contributed by atoms with Crippen LogP contribution in [0.5, 0.6) is 0 Å². The van der Waals surface area contributed by atoms with Crippen LogP contribution in [0.1, 0.15) is 35.3 Å². The Morgan fingerprint density at radius 3 is 2.22 bits per heavy atom. The molecule has 4 nitrogen and oxygen atoms in total. The van der Waals surface area contributed by atoms with Crippen LogP contribution in [-0.2, 0) is 13.1 Å². The number of rotatable bonds is 7. The molecule has 0 bridgehead atoms. The lowest BCUT2D eigenvalue weighted by Crippen LogP contribution is -2.36. The molecule has 3 rings (SSSR count). The second kappa shape index (κ2) is 8.99. The molecular weight excluding hydrogens is 334 g/mol. The van der Waals surface area contributed by atoms with E-state index < -0.39 is 0 Å². The molecule has 1 heterocycles. The lowest BCUT2D eigenvalue weighted by molar-refractivity contribution is 0.0690. The molecule has 0 unspecified atom stereocenters. The summed E-state index contributed by atoms with van der Waals surface area (Å²) in [5.41, 5.74) is 2.94. The summed E-state index contributed by atoms with van der Waals surface area (Å²) in [6, 6.07) is 23.9. The van der Waals surface area contributed by atoms with Gasteiger partial charge in [-0.05, 0) is 37.1 Å². The molecule has 0 atom stereocenters. The normalized spacial score (nSPS) is 10.6. The zero-order valence-corrected chi connectivity index (χ0v) is 15.8. The first-order chi connectivity index (χ1) is 13.1. The van der Waals surface area contributed by atoms with Gasteiger partial charge in [0.05, 0.1) is 0 Å². The number of carbonyl (C=O) groups excluding carboxylic acids is 1. The van der Waals surface area contributed by atoms with E-state index in [9.17, 15) is 4.79 Å². The Labute approximate surface area is 160 Å². The first-order valence-electron chi connectivity index (χ1n) is 9.22. The molecule has 0 saturated heterocycles. The maximum Gasteiger partial charge on any atom is 0.254 e. The highest BCUT2D eigenvalue weighted by atomic mass is 16.2. The van der Waals surface area contributed by atoms with Crippen LogP contribution >= 0.6 is 0 Å². The summed E-state index contributed by atoms with van der Waals surface area (Å²) in [4.78, 5) is 19.3. The summed E-state index contributed by atoms with van der Waals surface area (Å²) in [7, 11) is 0. The molecule has 0 aliphatic heterocycles. The average molecular weight is 359 g/mol. The quantitative estimate of drug-likeness (QED) is 0.662.